The summed E-state index contributed by atoms with van der Waals surface area (Å²) in [6.07, 6.45) is 2.46. The molecule has 2 aromatic carbocycles. The first-order chi connectivity index (χ1) is 15.6. The molecule has 2 N–H and O–H groups in total. The normalized spacial score (nSPS) is 15.2. The average Bonchev–Trinajstić information content (AvgIpc) is 2.80. The van der Waals surface area contributed by atoms with Crippen LogP contribution in [0.25, 0.3) is 0 Å². The summed E-state index contributed by atoms with van der Waals surface area (Å²) in [5.74, 6) is -1.70. The van der Waals surface area contributed by atoms with Crippen molar-refractivity contribution in [2.24, 2.45) is 0 Å². The summed E-state index contributed by atoms with van der Waals surface area (Å²) in [7, 11) is -6.58. The van der Waals surface area contributed by atoms with E-state index in [1.807, 2.05) is 0 Å². The third kappa shape index (κ3) is 5.52. The van der Waals surface area contributed by atoms with Crippen LogP contribution in [0.5, 0.6) is 5.75 Å². The Balaban J connectivity index is 1.96. The molecule has 9 nitrogen and oxygen atoms in total. The number of hydrogen-bond donors (Lipinski definition) is 2. The fourth-order valence-corrected chi connectivity index (χ4v) is 5.90. The Morgan fingerprint density at radius 3 is 2.39 bits per heavy atom. The Morgan fingerprint density at radius 2 is 1.76 bits per heavy atom. The second-order valence-corrected chi connectivity index (χ2v) is 11.2. The Kier molecular flexibility index (Phi) is 7.73. The molecule has 12 heteroatoms. The first-order valence-corrected chi connectivity index (χ1v) is 13.3. The molecule has 0 saturated carbocycles. The number of rotatable bonds is 8. The number of benzene rings is 2. The van der Waals surface area contributed by atoms with Crippen LogP contribution in [0.15, 0.2) is 46.2 Å². The zero-order valence-electron chi connectivity index (χ0n) is 18.3. The summed E-state index contributed by atoms with van der Waals surface area (Å²) in [4.78, 5) is 12.3. The number of halogens is 1. The molecular weight excluding hydrogens is 473 g/mol. The van der Waals surface area contributed by atoms with Gasteiger partial charge in [0.05, 0.1) is 17.1 Å². The molecule has 2 aromatic rings. The lowest BCUT2D eigenvalue weighted by Crippen LogP contribution is -2.35. The predicted octanol–water partition coefficient (Wildman–Crippen LogP) is 2.56. The summed E-state index contributed by atoms with van der Waals surface area (Å²) in [5.41, 5.74) is -0.402. The van der Waals surface area contributed by atoms with E-state index in [-0.39, 0.29) is 27.8 Å². The van der Waals surface area contributed by atoms with Gasteiger partial charge >= 0.3 is 0 Å². The smallest absolute Gasteiger partial charge is 0.258 e. The van der Waals surface area contributed by atoms with Crippen LogP contribution in [0.3, 0.4) is 0 Å². The number of anilines is 1. The van der Waals surface area contributed by atoms with Gasteiger partial charge in [-0.25, -0.2) is 25.9 Å². The van der Waals surface area contributed by atoms with Crippen LogP contribution in [-0.4, -0.2) is 53.8 Å². The van der Waals surface area contributed by atoms with Crippen molar-refractivity contribution >= 4 is 31.6 Å². The van der Waals surface area contributed by atoms with Crippen molar-refractivity contribution in [1.29, 1.82) is 0 Å². The van der Waals surface area contributed by atoms with Gasteiger partial charge in [-0.3, -0.25) is 4.79 Å². The third-order valence-corrected chi connectivity index (χ3v) is 8.53. The van der Waals surface area contributed by atoms with Crippen molar-refractivity contribution < 1.29 is 30.8 Å². The van der Waals surface area contributed by atoms with Crippen molar-refractivity contribution in [2.45, 2.75) is 36.0 Å². The highest BCUT2D eigenvalue weighted by Crippen LogP contribution is 2.31. The zero-order chi connectivity index (χ0) is 24.2. The number of nitrogens with one attached hydrogen (secondary N) is 2. The number of carbonyl (C=O) groups is 1. The van der Waals surface area contributed by atoms with E-state index < -0.39 is 37.3 Å². The Bertz CT molecular complexity index is 1240. The number of hydrogen-bond acceptors (Lipinski definition) is 6. The van der Waals surface area contributed by atoms with E-state index in [1.165, 1.54) is 29.6 Å². The van der Waals surface area contributed by atoms with Crippen LogP contribution < -0.4 is 14.8 Å². The number of amides is 1. The van der Waals surface area contributed by atoms with Crippen molar-refractivity contribution in [3.8, 4) is 5.75 Å². The minimum Gasteiger partial charge on any atom is -0.492 e. The lowest BCUT2D eigenvalue weighted by molar-refractivity contribution is 0.102. The second kappa shape index (κ2) is 10.2. The molecule has 0 aliphatic carbocycles. The molecule has 0 bridgehead atoms. The van der Waals surface area contributed by atoms with Gasteiger partial charge < -0.3 is 10.1 Å². The largest absolute Gasteiger partial charge is 0.492 e. The molecule has 1 saturated heterocycles. The Labute approximate surface area is 193 Å². The van der Waals surface area contributed by atoms with Gasteiger partial charge in [-0.2, -0.15) is 4.31 Å². The lowest BCUT2D eigenvalue weighted by Gasteiger charge is -2.27. The number of nitrogens with zero attached hydrogens (tertiary/aromatic N) is 1. The van der Waals surface area contributed by atoms with Crippen molar-refractivity contribution in [3.63, 3.8) is 0 Å². The summed E-state index contributed by atoms with van der Waals surface area (Å²) in [5, 5.41) is 2.45. The topological polar surface area (TPSA) is 122 Å². The van der Waals surface area contributed by atoms with Crippen LogP contribution >= 0.6 is 0 Å². The SMILES string of the molecule is CCOc1ccc(NC(=O)c2cc(S(=O)(=O)NC)ccc2F)cc1S(=O)(=O)N1CCCCC1. The van der Waals surface area contributed by atoms with Gasteiger partial charge in [0.2, 0.25) is 20.0 Å². The maximum atomic E-state index is 14.3. The molecule has 1 aliphatic rings. The van der Waals surface area contributed by atoms with Crippen LogP contribution in [0.1, 0.15) is 36.5 Å². The van der Waals surface area contributed by atoms with Crippen LogP contribution in [0.2, 0.25) is 0 Å². The predicted molar refractivity (Wildman–Crippen MR) is 121 cm³/mol. The molecule has 1 aliphatic heterocycles. The monoisotopic (exact) mass is 499 g/mol. The molecule has 0 aromatic heterocycles. The lowest BCUT2D eigenvalue weighted by atomic mass is 10.2. The van der Waals surface area contributed by atoms with Crippen LogP contribution in [0.4, 0.5) is 10.1 Å². The van der Waals surface area contributed by atoms with Gasteiger partial charge in [-0.05, 0) is 63.2 Å². The number of sulfonamides is 2. The van der Waals surface area contributed by atoms with Crippen molar-refractivity contribution in [1.82, 2.24) is 9.03 Å². The third-order valence-electron chi connectivity index (χ3n) is 5.20. The highest BCUT2D eigenvalue weighted by Gasteiger charge is 2.29. The molecule has 180 valence electrons. The van der Waals surface area contributed by atoms with E-state index in [0.717, 1.165) is 37.5 Å². The van der Waals surface area contributed by atoms with E-state index in [2.05, 4.69) is 10.0 Å². The minimum atomic E-state index is -3.89. The average molecular weight is 500 g/mol. The van der Waals surface area contributed by atoms with E-state index in [0.29, 0.717) is 13.1 Å². The zero-order valence-corrected chi connectivity index (χ0v) is 19.9. The van der Waals surface area contributed by atoms with E-state index in [1.54, 1.807) is 6.92 Å². The second-order valence-electron chi connectivity index (χ2n) is 7.36. The molecule has 1 heterocycles. The molecule has 33 heavy (non-hydrogen) atoms. The van der Waals surface area contributed by atoms with Crippen LogP contribution in [-0.2, 0) is 20.0 Å². The molecular formula is C21H26FN3O6S2. The quantitative estimate of drug-likeness (QED) is 0.576. The number of ether oxygens (including phenoxy) is 1. The molecule has 1 fully saturated rings. The van der Waals surface area contributed by atoms with E-state index in [4.69, 9.17) is 4.74 Å². The maximum absolute atomic E-state index is 14.3. The van der Waals surface area contributed by atoms with Crippen molar-refractivity contribution in [3.05, 3.63) is 47.8 Å². The van der Waals surface area contributed by atoms with Gasteiger partial charge in [0.1, 0.15) is 16.5 Å². The molecule has 0 radical (unpaired) electrons. The Morgan fingerprint density at radius 1 is 1.06 bits per heavy atom. The minimum absolute atomic E-state index is 0.0975. The maximum Gasteiger partial charge on any atom is 0.258 e. The molecule has 0 spiro atoms. The summed E-state index contributed by atoms with van der Waals surface area (Å²) >= 11 is 0. The number of carbonyl (C=O) groups excluding carboxylic acids is 1. The van der Waals surface area contributed by atoms with Gasteiger partial charge in [0.15, 0.2) is 0 Å². The van der Waals surface area contributed by atoms with E-state index >= 15 is 0 Å². The summed E-state index contributed by atoms with van der Waals surface area (Å²) in [6.45, 7) is 2.75. The van der Waals surface area contributed by atoms with Crippen molar-refractivity contribution in [2.75, 3.05) is 32.1 Å². The van der Waals surface area contributed by atoms with Gasteiger partial charge in [-0.1, -0.05) is 6.42 Å². The van der Waals surface area contributed by atoms with E-state index in [9.17, 15) is 26.0 Å². The van der Waals surface area contributed by atoms with Gasteiger partial charge in [0, 0.05) is 18.8 Å². The first-order valence-electron chi connectivity index (χ1n) is 10.4. The molecule has 3 rings (SSSR count). The van der Waals surface area contributed by atoms with Crippen LogP contribution in [0, 0.1) is 5.82 Å². The fourth-order valence-electron chi connectivity index (χ4n) is 3.47. The highest BCUT2D eigenvalue weighted by atomic mass is 32.2. The molecule has 1 amide bonds. The standard InChI is InChI=1S/C21H26FN3O6S2/c1-3-31-19-10-7-15(13-20(19)33(29,30)25-11-5-4-6-12-25)24-21(26)17-14-16(8-9-18(17)22)32(27,28)23-2/h7-10,13-14,23H,3-6,11-12H2,1-2H3,(H,24,26). The van der Waals surface area contributed by atoms with Gasteiger partial charge in [-0.15, -0.1) is 0 Å². The molecule has 0 atom stereocenters. The molecule has 0 unspecified atom stereocenters. The highest BCUT2D eigenvalue weighted by molar-refractivity contribution is 7.89. The number of piperidine rings is 1. The fraction of sp³-hybridized carbons (Fsp3) is 0.381. The Hall–Kier alpha value is -2.54. The summed E-state index contributed by atoms with van der Waals surface area (Å²) in [6, 6.07) is 6.95. The van der Waals surface area contributed by atoms with Gasteiger partial charge in [0.25, 0.3) is 5.91 Å². The summed E-state index contributed by atoms with van der Waals surface area (Å²) < 4.78 is 73.7. The first kappa shape index (κ1) is 25.1.